The van der Waals surface area contributed by atoms with Gasteiger partial charge in [-0.1, -0.05) is 30.3 Å². The molecule has 1 aliphatic rings. The van der Waals surface area contributed by atoms with E-state index in [0.29, 0.717) is 0 Å². The number of benzene rings is 1. The van der Waals surface area contributed by atoms with Crippen molar-refractivity contribution in [2.45, 2.75) is 25.0 Å². The molecule has 1 heterocycles. The van der Waals surface area contributed by atoms with Gasteiger partial charge in [0.25, 0.3) is 0 Å². The van der Waals surface area contributed by atoms with E-state index in [-0.39, 0.29) is 12.1 Å². The Morgan fingerprint density at radius 1 is 1.23 bits per heavy atom. The highest BCUT2D eigenvalue weighted by Crippen LogP contribution is 2.22. The Morgan fingerprint density at radius 2 is 2.00 bits per heavy atom. The van der Waals surface area contributed by atoms with Crippen molar-refractivity contribution in [2.75, 3.05) is 6.54 Å². The van der Waals surface area contributed by atoms with Crippen LogP contribution in [0.25, 0.3) is 0 Å². The van der Waals surface area contributed by atoms with Crippen molar-refractivity contribution >= 4 is 0 Å². The lowest BCUT2D eigenvalue weighted by molar-refractivity contribution is 0.0965. The van der Waals surface area contributed by atoms with E-state index in [2.05, 4.69) is 17.4 Å². The van der Waals surface area contributed by atoms with Gasteiger partial charge in [-0.15, -0.1) is 0 Å². The van der Waals surface area contributed by atoms with Gasteiger partial charge in [0.05, 0.1) is 12.1 Å². The highest BCUT2D eigenvalue weighted by atomic mass is 16.3. The molecule has 0 aromatic heterocycles. The summed E-state index contributed by atoms with van der Waals surface area (Å²) in [6.07, 6.45) is 1.76. The molecule has 2 nitrogen and oxygen atoms in total. The zero-order valence-corrected chi connectivity index (χ0v) is 7.61. The van der Waals surface area contributed by atoms with Crippen molar-refractivity contribution in [2.24, 2.45) is 0 Å². The molecule has 0 aliphatic carbocycles. The molecule has 13 heavy (non-hydrogen) atoms. The van der Waals surface area contributed by atoms with Gasteiger partial charge in [-0.2, -0.15) is 0 Å². The number of hydrogen-bond donors (Lipinski definition) is 2. The predicted molar refractivity (Wildman–Crippen MR) is 52.4 cm³/mol. The van der Waals surface area contributed by atoms with Crippen LogP contribution >= 0.6 is 0 Å². The Balaban J connectivity index is 2.15. The monoisotopic (exact) mass is 177 g/mol. The van der Waals surface area contributed by atoms with Crippen molar-refractivity contribution < 1.29 is 5.11 Å². The van der Waals surface area contributed by atoms with Crippen LogP contribution in [0.2, 0.25) is 0 Å². The molecule has 2 rings (SSSR count). The molecule has 0 bridgehead atoms. The molecule has 0 amide bonds. The summed E-state index contributed by atoms with van der Waals surface area (Å²) >= 11 is 0. The van der Waals surface area contributed by atoms with Crippen LogP contribution in [0.1, 0.15) is 24.4 Å². The highest BCUT2D eigenvalue weighted by molar-refractivity contribution is 5.20. The summed E-state index contributed by atoms with van der Waals surface area (Å²) in [6, 6.07) is 10.3. The van der Waals surface area contributed by atoms with E-state index in [0.717, 1.165) is 19.4 Å². The minimum absolute atomic E-state index is 0.134. The van der Waals surface area contributed by atoms with E-state index in [1.165, 1.54) is 5.56 Å². The third-order valence-corrected chi connectivity index (χ3v) is 2.58. The second-order valence-electron chi connectivity index (χ2n) is 3.55. The third-order valence-electron chi connectivity index (χ3n) is 2.58. The molecule has 0 spiro atoms. The van der Waals surface area contributed by atoms with E-state index in [1.54, 1.807) is 0 Å². The topological polar surface area (TPSA) is 32.3 Å². The number of piperidine rings is 1. The second kappa shape index (κ2) is 3.90. The first-order valence-electron chi connectivity index (χ1n) is 4.84. The van der Waals surface area contributed by atoms with Crippen molar-refractivity contribution in [3.05, 3.63) is 35.9 Å². The number of nitrogens with one attached hydrogen (secondary N) is 1. The first kappa shape index (κ1) is 8.73. The summed E-state index contributed by atoms with van der Waals surface area (Å²) in [7, 11) is 0. The van der Waals surface area contributed by atoms with E-state index in [9.17, 15) is 5.11 Å². The fourth-order valence-electron chi connectivity index (χ4n) is 1.87. The molecule has 2 heteroatoms. The van der Waals surface area contributed by atoms with Gasteiger partial charge in [-0.25, -0.2) is 0 Å². The van der Waals surface area contributed by atoms with Crippen molar-refractivity contribution in [3.8, 4) is 0 Å². The molecular formula is C11H15NO. The maximum absolute atomic E-state index is 9.76. The van der Waals surface area contributed by atoms with Crippen LogP contribution in [0, 0.1) is 0 Å². The summed E-state index contributed by atoms with van der Waals surface area (Å²) in [6.45, 7) is 1.01. The van der Waals surface area contributed by atoms with Crippen molar-refractivity contribution in [1.29, 1.82) is 0 Å². The second-order valence-corrected chi connectivity index (χ2v) is 3.55. The Hall–Kier alpha value is -0.860. The fraction of sp³-hybridized carbons (Fsp3) is 0.455. The summed E-state index contributed by atoms with van der Waals surface area (Å²) in [4.78, 5) is 0. The molecule has 0 radical (unpaired) electrons. The molecule has 1 unspecified atom stereocenters. The maximum Gasteiger partial charge on any atom is 0.0735 e. The standard InChI is InChI=1S/C11H15NO/c13-10-7-4-8-12-11(10)9-5-2-1-3-6-9/h1-3,5-6,10-13H,4,7-8H2/t10-,11?/m0/s1. The van der Waals surface area contributed by atoms with E-state index in [1.807, 2.05) is 18.2 Å². The van der Waals surface area contributed by atoms with Crippen LogP contribution in [0.5, 0.6) is 0 Å². The number of rotatable bonds is 1. The van der Waals surface area contributed by atoms with Gasteiger partial charge in [0, 0.05) is 0 Å². The summed E-state index contributed by atoms with van der Waals surface area (Å²) in [5.74, 6) is 0. The summed E-state index contributed by atoms with van der Waals surface area (Å²) in [5.41, 5.74) is 1.19. The van der Waals surface area contributed by atoms with Crippen LogP contribution in [0.4, 0.5) is 0 Å². The Labute approximate surface area is 78.6 Å². The molecule has 1 saturated heterocycles. The predicted octanol–water partition coefficient (Wildman–Crippen LogP) is 1.47. The normalized spacial score (nSPS) is 28.7. The zero-order chi connectivity index (χ0) is 9.10. The number of aliphatic hydroxyl groups is 1. The average molecular weight is 177 g/mol. The van der Waals surface area contributed by atoms with Gasteiger partial charge in [-0.05, 0) is 24.9 Å². The van der Waals surface area contributed by atoms with Gasteiger partial charge in [-0.3, -0.25) is 0 Å². The zero-order valence-electron chi connectivity index (χ0n) is 7.61. The van der Waals surface area contributed by atoms with Crippen LogP contribution in [0.15, 0.2) is 30.3 Å². The van der Waals surface area contributed by atoms with Crippen LogP contribution in [-0.2, 0) is 0 Å². The first-order chi connectivity index (χ1) is 6.38. The van der Waals surface area contributed by atoms with Gasteiger partial charge in [0.15, 0.2) is 0 Å². The lowest BCUT2D eigenvalue weighted by atomic mass is 9.95. The molecule has 1 aliphatic heterocycles. The van der Waals surface area contributed by atoms with E-state index >= 15 is 0 Å². The smallest absolute Gasteiger partial charge is 0.0735 e. The Morgan fingerprint density at radius 3 is 2.69 bits per heavy atom. The average Bonchev–Trinajstić information content (AvgIpc) is 2.20. The molecule has 1 fully saturated rings. The van der Waals surface area contributed by atoms with E-state index in [4.69, 9.17) is 0 Å². The van der Waals surface area contributed by atoms with E-state index < -0.39 is 0 Å². The number of aliphatic hydroxyl groups excluding tert-OH is 1. The van der Waals surface area contributed by atoms with Crippen LogP contribution < -0.4 is 5.32 Å². The summed E-state index contributed by atoms with van der Waals surface area (Å²) in [5, 5.41) is 13.1. The van der Waals surface area contributed by atoms with Gasteiger partial charge >= 0.3 is 0 Å². The lowest BCUT2D eigenvalue weighted by Gasteiger charge is -2.29. The van der Waals surface area contributed by atoms with Crippen LogP contribution in [-0.4, -0.2) is 17.8 Å². The van der Waals surface area contributed by atoms with Gasteiger partial charge in [0.1, 0.15) is 0 Å². The summed E-state index contributed by atoms with van der Waals surface area (Å²) < 4.78 is 0. The quantitative estimate of drug-likeness (QED) is 0.681. The minimum atomic E-state index is -0.226. The fourth-order valence-corrected chi connectivity index (χ4v) is 1.87. The first-order valence-corrected chi connectivity index (χ1v) is 4.84. The molecule has 2 atom stereocenters. The molecule has 1 aromatic carbocycles. The lowest BCUT2D eigenvalue weighted by Crippen LogP contribution is -2.37. The van der Waals surface area contributed by atoms with Crippen LogP contribution in [0.3, 0.4) is 0 Å². The van der Waals surface area contributed by atoms with Gasteiger partial charge < -0.3 is 10.4 Å². The van der Waals surface area contributed by atoms with Crippen molar-refractivity contribution in [3.63, 3.8) is 0 Å². The van der Waals surface area contributed by atoms with Crippen molar-refractivity contribution in [1.82, 2.24) is 5.32 Å². The number of hydrogen-bond acceptors (Lipinski definition) is 2. The Kier molecular flexibility index (Phi) is 2.62. The SMILES string of the molecule is O[C@H]1CCCNC1c1ccccc1. The maximum atomic E-state index is 9.76. The molecule has 0 saturated carbocycles. The molecular weight excluding hydrogens is 162 g/mol. The van der Waals surface area contributed by atoms with Gasteiger partial charge in [0.2, 0.25) is 0 Å². The molecule has 2 N–H and O–H groups in total. The molecule has 1 aromatic rings. The minimum Gasteiger partial charge on any atom is -0.391 e. The largest absolute Gasteiger partial charge is 0.391 e. The Bertz CT molecular complexity index is 260. The third kappa shape index (κ3) is 1.90. The molecule has 70 valence electrons. The highest BCUT2D eigenvalue weighted by Gasteiger charge is 2.23.